The molecule has 2 aliphatic heterocycles. The zero-order valence-corrected chi connectivity index (χ0v) is 8.57. The van der Waals surface area contributed by atoms with Crippen LogP contribution in [0, 0.1) is 0 Å². The van der Waals surface area contributed by atoms with Crippen LogP contribution in [0.2, 0.25) is 0 Å². The summed E-state index contributed by atoms with van der Waals surface area (Å²) in [6.45, 7) is 6.16. The van der Waals surface area contributed by atoms with Gasteiger partial charge in [0, 0.05) is 11.0 Å². The van der Waals surface area contributed by atoms with Gasteiger partial charge in [0.1, 0.15) is 0 Å². The SMILES string of the molecule is CC.CC1SCC2NC(=O)NC21. The Morgan fingerprint density at radius 2 is 2.08 bits per heavy atom. The van der Waals surface area contributed by atoms with Crippen LogP contribution in [-0.2, 0) is 0 Å². The molecular weight excluding hydrogens is 172 g/mol. The van der Waals surface area contributed by atoms with Crippen LogP contribution in [0.3, 0.4) is 0 Å². The lowest BCUT2D eigenvalue weighted by Gasteiger charge is -2.09. The maximum absolute atomic E-state index is 10.8. The van der Waals surface area contributed by atoms with E-state index in [2.05, 4.69) is 17.6 Å². The lowest BCUT2D eigenvalue weighted by Crippen LogP contribution is -2.35. The summed E-state index contributed by atoms with van der Waals surface area (Å²) < 4.78 is 0. The number of carbonyl (C=O) groups is 1. The molecule has 0 aliphatic carbocycles. The number of hydrogen-bond acceptors (Lipinski definition) is 2. The van der Waals surface area contributed by atoms with E-state index in [4.69, 9.17) is 0 Å². The van der Waals surface area contributed by atoms with Gasteiger partial charge in [0.15, 0.2) is 0 Å². The number of amides is 2. The van der Waals surface area contributed by atoms with Gasteiger partial charge in [-0.2, -0.15) is 11.8 Å². The molecule has 0 radical (unpaired) electrons. The predicted octanol–water partition coefficient (Wildman–Crippen LogP) is 1.20. The van der Waals surface area contributed by atoms with E-state index in [0.717, 1.165) is 5.75 Å². The highest BCUT2D eigenvalue weighted by Crippen LogP contribution is 2.28. The van der Waals surface area contributed by atoms with Crippen molar-refractivity contribution in [3.63, 3.8) is 0 Å². The molecule has 2 N–H and O–H groups in total. The number of rotatable bonds is 0. The van der Waals surface area contributed by atoms with Crippen LogP contribution in [-0.4, -0.2) is 29.1 Å². The zero-order chi connectivity index (χ0) is 9.14. The topological polar surface area (TPSA) is 41.1 Å². The highest BCUT2D eigenvalue weighted by molar-refractivity contribution is 8.00. The second kappa shape index (κ2) is 4.03. The maximum atomic E-state index is 10.8. The maximum Gasteiger partial charge on any atom is 0.315 e. The van der Waals surface area contributed by atoms with E-state index < -0.39 is 0 Å². The fourth-order valence-corrected chi connectivity index (χ4v) is 2.77. The van der Waals surface area contributed by atoms with Gasteiger partial charge in [0.25, 0.3) is 0 Å². The van der Waals surface area contributed by atoms with Crippen molar-refractivity contribution in [3.05, 3.63) is 0 Å². The van der Waals surface area contributed by atoms with Crippen LogP contribution in [0.5, 0.6) is 0 Å². The van der Waals surface area contributed by atoms with Crippen molar-refractivity contribution >= 4 is 17.8 Å². The molecule has 0 saturated carbocycles. The van der Waals surface area contributed by atoms with Crippen LogP contribution in [0.15, 0.2) is 0 Å². The molecule has 3 unspecified atom stereocenters. The van der Waals surface area contributed by atoms with Gasteiger partial charge in [-0.1, -0.05) is 20.8 Å². The minimum atomic E-state index is 0.00199. The van der Waals surface area contributed by atoms with Gasteiger partial charge in [-0.25, -0.2) is 4.79 Å². The van der Waals surface area contributed by atoms with Crippen molar-refractivity contribution in [2.24, 2.45) is 0 Å². The molecule has 2 amide bonds. The van der Waals surface area contributed by atoms with Gasteiger partial charge in [0.2, 0.25) is 0 Å². The zero-order valence-electron chi connectivity index (χ0n) is 7.76. The first-order valence-corrected chi connectivity index (χ1v) is 5.51. The summed E-state index contributed by atoms with van der Waals surface area (Å²) in [5, 5.41) is 6.34. The van der Waals surface area contributed by atoms with Crippen LogP contribution in [0.1, 0.15) is 20.8 Å². The van der Waals surface area contributed by atoms with Crippen molar-refractivity contribution in [1.29, 1.82) is 0 Å². The third-order valence-corrected chi connectivity index (χ3v) is 3.46. The number of nitrogens with one attached hydrogen (secondary N) is 2. The Morgan fingerprint density at radius 3 is 2.67 bits per heavy atom. The summed E-state index contributed by atoms with van der Waals surface area (Å²) in [6.07, 6.45) is 0. The quantitative estimate of drug-likeness (QED) is 0.561. The number of urea groups is 1. The average molecular weight is 188 g/mol. The van der Waals surface area contributed by atoms with Gasteiger partial charge in [0.05, 0.1) is 12.1 Å². The second-order valence-electron chi connectivity index (χ2n) is 2.79. The molecule has 0 aromatic rings. The lowest BCUT2D eigenvalue weighted by molar-refractivity contribution is 0.247. The van der Waals surface area contributed by atoms with E-state index in [9.17, 15) is 4.79 Å². The van der Waals surface area contributed by atoms with Crippen molar-refractivity contribution < 1.29 is 4.79 Å². The average Bonchev–Trinajstić information content (AvgIpc) is 2.58. The van der Waals surface area contributed by atoms with E-state index >= 15 is 0 Å². The summed E-state index contributed by atoms with van der Waals surface area (Å²) in [5.41, 5.74) is 0. The number of thioether (sulfide) groups is 1. The van der Waals surface area contributed by atoms with Crippen molar-refractivity contribution in [1.82, 2.24) is 10.6 Å². The lowest BCUT2D eigenvalue weighted by atomic mass is 10.1. The number of carbonyl (C=O) groups excluding carboxylic acids is 1. The van der Waals surface area contributed by atoms with E-state index in [1.54, 1.807) is 0 Å². The molecule has 2 heterocycles. The van der Waals surface area contributed by atoms with E-state index in [0.29, 0.717) is 17.3 Å². The molecule has 3 atom stereocenters. The molecule has 3 nitrogen and oxygen atoms in total. The van der Waals surface area contributed by atoms with Crippen molar-refractivity contribution in [2.45, 2.75) is 38.1 Å². The summed E-state index contributed by atoms with van der Waals surface area (Å²) in [7, 11) is 0. The fraction of sp³-hybridized carbons (Fsp3) is 0.875. The Hall–Kier alpha value is -0.380. The molecular formula is C8H16N2OS. The Bertz CT molecular complexity index is 174. The molecule has 0 aromatic carbocycles. The summed E-state index contributed by atoms with van der Waals surface area (Å²) in [5.74, 6) is 1.06. The largest absolute Gasteiger partial charge is 0.332 e. The summed E-state index contributed by atoms with van der Waals surface area (Å²) in [6, 6.07) is 0.757. The van der Waals surface area contributed by atoms with Gasteiger partial charge < -0.3 is 10.6 Å². The third kappa shape index (κ3) is 1.68. The molecule has 70 valence electrons. The summed E-state index contributed by atoms with van der Waals surface area (Å²) >= 11 is 1.91. The van der Waals surface area contributed by atoms with Crippen molar-refractivity contribution in [3.8, 4) is 0 Å². The number of hydrogen-bond donors (Lipinski definition) is 2. The Balaban J connectivity index is 0.000000336. The minimum Gasteiger partial charge on any atom is -0.332 e. The molecule has 2 fully saturated rings. The first-order chi connectivity index (χ1) is 5.77. The van der Waals surface area contributed by atoms with Crippen LogP contribution < -0.4 is 10.6 Å². The van der Waals surface area contributed by atoms with Gasteiger partial charge in [-0.05, 0) is 0 Å². The van der Waals surface area contributed by atoms with E-state index in [1.165, 1.54) is 0 Å². The Kier molecular flexibility index (Phi) is 3.26. The molecule has 0 aromatic heterocycles. The normalized spacial score (nSPS) is 37.6. The monoisotopic (exact) mass is 188 g/mol. The molecule has 4 heteroatoms. The highest BCUT2D eigenvalue weighted by Gasteiger charge is 2.40. The molecule has 0 spiro atoms. The van der Waals surface area contributed by atoms with Crippen LogP contribution >= 0.6 is 11.8 Å². The first kappa shape index (κ1) is 9.71. The molecule has 0 bridgehead atoms. The predicted molar refractivity (Wildman–Crippen MR) is 52.5 cm³/mol. The minimum absolute atomic E-state index is 0.00199. The van der Waals surface area contributed by atoms with Gasteiger partial charge in [-0.15, -0.1) is 0 Å². The summed E-state index contributed by atoms with van der Waals surface area (Å²) in [4.78, 5) is 10.8. The van der Waals surface area contributed by atoms with Gasteiger partial charge in [-0.3, -0.25) is 0 Å². The van der Waals surface area contributed by atoms with E-state index in [-0.39, 0.29) is 6.03 Å². The standard InChI is InChI=1S/C6H10N2OS.C2H6/c1-3-5-4(2-10-3)7-6(9)8-5;1-2/h3-5H,2H2,1H3,(H2,7,8,9);1-2H3. The molecule has 12 heavy (non-hydrogen) atoms. The molecule has 2 saturated heterocycles. The Labute approximate surface area is 77.7 Å². The smallest absolute Gasteiger partial charge is 0.315 e. The molecule has 2 rings (SSSR count). The highest BCUT2D eigenvalue weighted by atomic mass is 32.2. The molecule has 2 aliphatic rings. The van der Waals surface area contributed by atoms with Crippen LogP contribution in [0.25, 0.3) is 0 Å². The third-order valence-electron chi connectivity index (χ3n) is 2.09. The fourth-order valence-electron chi connectivity index (χ4n) is 1.50. The first-order valence-electron chi connectivity index (χ1n) is 4.46. The second-order valence-corrected chi connectivity index (χ2v) is 4.20. The van der Waals surface area contributed by atoms with E-state index in [1.807, 2.05) is 25.6 Å². The Morgan fingerprint density at radius 1 is 1.42 bits per heavy atom. The number of fused-ring (bicyclic) bond motifs is 1. The van der Waals surface area contributed by atoms with Crippen molar-refractivity contribution in [2.75, 3.05) is 5.75 Å². The van der Waals surface area contributed by atoms with Crippen LogP contribution in [0.4, 0.5) is 4.79 Å². The van der Waals surface area contributed by atoms with Gasteiger partial charge >= 0.3 is 6.03 Å².